The van der Waals surface area contributed by atoms with Gasteiger partial charge in [0.15, 0.2) is 0 Å². The smallest absolute Gasteiger partial charge is 0.335 e. The quantitative estimate of drug-likeness (QED) is 0.230. The third-order valence-electron chi connectivity index (χ3n) is 5.26. The van der Waals surface area contributed by atoms with Gasteiger partial charge in [-0.1, -0.05) is 0 Å². The van der Waals surface area contributed by atoms with Gasteiger partial charge in [-0.3, -0.25) is 0 Å². The molecule has 0 saturated heterocycles. The topological polar surface area (TPSA) is 193 Å². The highest BCUT2D eigenvalue weighted by molar-refractivity contribution is 7.91. The zero-order valence-corrected chi connectivity index (χ0v) is 21.1. The van der Waals surface area contributed by atoms with Crippen LogP contribution in [0.25, 0.3) is 0 Å². The molecule has 0 amide bonds. The molecule has 0 aliphatic rings. The van der Waals surface area contributed by atoms with Crippen molar-refractivity contribution in [3.8, 4) is 11.5 Å². The van der Waals surface area contributed by atoms with Crippen LogP contribution in [0.15, 0.2) is 107 Å². The van der Waals surface area contributed by atoms with Gasteiger partial charge >= 0.3 is 23.9 Å². The number of sulfone groups is 1. The normalized spacial score (nSPS) is 10.5. The molecule has 204 valence electrons. The Kier molecular flexibility index (Phi) is 8.99. The van der Waals surface area contributed by atoms with E-state index in [-0.39, 0.29) is 32.0 Å². The maximum atomic E-state index is 12.3. The average Bonchev–Trinajstić information content (AvgIpc) is 2.94. The highest BCUT2D eigenvalue weighted by Gasteiger charge is 2.18. The maximum absolute atomic E-state index is 12.3. The minimum Gasteiger partial charge on any atom is -0.478 e. The molecule has 0 heterocycles. The summed E-state index contributed by atoms with van der Waals surface area (Å²) in [6, 6.07) is 21.5. The monoisotopic (exact) mass is 564 g/mol. The number of carbonyl (C=O) groups is 4. The van der Waals surface area contributed by atoms with E-state index < -0.39 is 33.7 Å². The highest BCUT2D eigenvalue weighted by Crippen LogP contribution is 2.23. The summed E-state index contributed by atoms with van der Waals surface area (Å²) in [6.45, 7) is 0. The number of carboxylic acids is 4. The van der Waals surface area contributed by atoms with Crippen LogP contribution in [0.2, 0.25) is 0 Å². The fourth-order valence-electron chi connectivity index (χ4n) is 3.16. The molecular formula is C28H20O11S. The second kappa shape index (κ2) is 12.4. The summed E-state index contributed by atoms with van der Waals surface area (Å²) in [6.07, 6.45) is 0. The van der Waals surface area contributed by atoms with Gasteiger partial charge in [0.25, 0.3) is 0 Å². The van der Waals surface area contributed by atoms with E-state index in [0.717, 1.165) is 0 Å². The van der Waals surface area contributed by atoms with Crippen LogP contribution in [0.5, 0.6) is 11.5 Å². The van der Waals surface area contributed by atoms with E-state index >= 15 is 0 Å². The van der Waals surface area contributed by atoms with Gasteiger partial charge < -0.3 is 25.2 Å². The fraction of sp³-hybridized carbons (Fsp3) is 0. The van der Waals surface area contributed by atoms with Gasteiger partial charge in [0.2, 0.25) is 9.84 Å². The first kappa shape index (κ1) is 29.1. The van der Waals surface area contributed by atoms with Crippen LogP contribution in [-0.2, 0) is 9.84 Å². The minimum absolute atomic E-state index is 0.0184. The van der Waals surface area contributed by atoms with Crippen molar-refractivity contribution in [3.63, 3.8) is 0 Å². The Bertz CT molecular complexity index is 1520. The second-order valence-electron chi connectivity index (χ2n) is 7.92. The Balaban J connectivity index is 0.000000222. The van der Waals surface area contributed by atoms with Crippen LogP contribution < -0.4 is 4.74 Å². The Morgan fingerprint density at radius 3 is 0.875 bits per heavy atom. The van der Waals surface area contributed by atoms with E-state index in [1.807, 2.05) is 0 Å². The van der Waals surface area contributed by atoms with E-state index in [2.05, 4.69) is 0 Å². The predicted octanol–water partition coefficient (Wildman–Crippen LogP) is 4.79. The Morgan fingerprint density at radius 1 is 0.425 bits per heavy atom. The number of hydrogen-bond donors (Lipinski definition) is 4. The van der Waals surface area contributed by atoms with Gasteiger partial charge in [-0.2, -0.15) is 0 Å². The molecule has 11 nitrogen and oxygen atoms in total. The molecule has 0 saturated carbocycles. The molecule has 0 radical (unpaired) electrons. The van der Waals surface area contributed by atoms with Crippen molar-refractivity contribution >= 4 is 33.7 Å². The number of carboxylic acid groups (broad SMARTS) is 4. The molecule has 0 spiro atoms. The van der Waals surface area contributed by atoms with Crippen molar-refractivity contribution in [3.05, 3.63) is 119 Å². The van der Waals surface area contributed by atoms with Crippen LogP contribution >= 0.6 is 0 Å². The van der Waals surface area contributed by atoms with E-state index in [1.165, 1.54) is 97.1 Å². The molecule has 4 N–H and O–H groups in total. The van der Waals surface area contributed by atoms with E-state index in [0.29, 0.717) is 11.5 Å². The summed E-state index contributed by atoms with van der Waals surface area (Å²) in [7, 11) is -3.81. The maximum Gasteiger partial charge on any atom is 0.335 e. The largest absolute Gasteiger partial charge is 0.478 e. The number of ether oxygens (including phenoxy) is 1. The zero-order chi connectivity index (χ0) is 29.4. The summed E-state index contributed by atoms with van der Waals surface area (Å²) in [5, 5.41) is 35.0. The molecule has 12 heteroatoms. The summed E-state index contributed by atoms with van der Waals surface area (Å²) in [5.41, 5.74) is 0.313. The van der Waals surface area contributed by atoms with Crippen LogP contribution in [0.3, 0.4) is 0 Å². The molecule has 0 aliphatic carbocycles. The van der Waals surface area contributed by atoms with Gasteiger partial charge in [0.05, 0.1) is 32.0 Å². The fourth-order valence-corrected chi connectivity index (χ4v) is 4.42. The highest BCUT2D eigenvalue weighted by atomic mass is 32.2. The molecule has 0 bridgehead atoms. The Hall–Kier alpha value is -5.49. The van der Waals surface area contributed by atoms with Crippen LogP contribution in [0, 0.1) is 0 Å². The van der Waals surface area contributed by atoms with Crippen molar-refractivity contribution in [2.75, 3.05) is 0 Å². The van der Waals surface area contributed by atoms with E-state index in [4.69, 9.17) is 25.2 Å². The predicted molar refractivity (Wildman–Crippen MR) is 139 cm³/mol. The first-order valence-electron chi connectivity index (χ1n) is 11.1. The molecule has 0 aliphatic heterocycles. The molecule has 0 atom stereocenters. The minimum atomic E-state index is -3.81. The Morgan fingerprint density at radius 2 is 0.650 bits per heavy atom. The van der Waals surface area contributed by atoms with Crippen molar-refractivity contribution in [1.82, 2.24) is 0 Å². The first-order chi connectivity index (χ1) is 18.9. The summed E-state index contributed by atoms with van der Waals surface area (Å²) in [5.74, 6) is -3.34. The van der Waals surface area contributed by atoms with E-state index in [9.17, 15) is 27.6 Å². The van der Waals surface area contributed by atoms with Crippen LogP contribution in [0.1, 0.15) is 41.4 Å². The molecular weight excluding hydrogens is 544 g/mol. The summed E-state index contributed by atoms with van der Waals surface area (Å²) in [4.78, 5) is 42.7. The lowest BCUT2D eigenvalue weighted by Crippen LogP contribution is -2.04. The third kappa shape index (κ3) is 7.30. The van der Waals surface area contributed by atoms with Gasteiger partial charge in [0, 0.05) is 0 Å². The number of hydrogen-bond acceptors (Lipinski definition) is 7. The number of aromatic carboxylic acids is 4. The van der Waals surface area contributed by atoms with Crippen LogP contribution in [-0.4, -0.2) is 52.7 Å². The van der Waals surface area contributed by atoms with E-state index in [1.54, 1.807) is 0 Å². The molecule has 4 aromatic carbocycles. The van der Waals surface area contributed by atoms with Crippen molar-refractivity contribution in [2.45, 2.75) is 9.79 Å². The summed E-state index contributed by atoms with van der Waals surface area (Å²) >= 11 is 0. The van der Waals surface area contributed by atoms with Gasteiger partial charge in [0.1, 0.15) is 11.5 Å². The zero-order valence-electron chi connectivity index (χ0n) is 20.3. The lowest BCUT2D eigenvalue weighted by Gasteiger charge is -2.06. The molecule has 40 heavy (non-hydrogen) atoms. The van der Waals surface area contributed by atoms with Gasteiger partial charge in [-0.15, -0.1) is 0 Å². The van der Waals surface area contributed by atoms with Gasteiger partial charge in [-0.25, -0.2) is 27.6 Å². The van der Waals surface area contributed by atoms with Crippen molar-refractivity contribution in [1.29, 1.82) is 0 Å². The SMILES string of the molecule is O=C(O)c1ccc(Oc2ccc(C(=O)O)cc2)cc1.O=C(O)c1ccc(S(=O)(=O)c2ccc(C(=O)O)cc2)cc1. The lowest BCUT2D eigenvalue weighted by atomic mass is 10.2. The molecule has 4 rings (SSSR count). The molecule has 4 aromatic rings. The molecule has 0 unspecified atom stereocenters. The second-order valence-corrected chi connectivity index (χ2v) is 9.87. The Labute approximate surface area is 227 Å². The molecule has 0 fully saturated rings. The number of benzene rings is 4. The average molecular weight is 565 g/mol. The first-order valence-corrected chi connectivity index (χ1v) is 12.6. The van der Waals surface area contributed by atoms with Crippen molar-refractivity contribution < 1.29 is 52.8 Å². The van der Waals surface area contributed by atoms with Crippen LogP contribution in [0.4, 0.5) is 0 Å². The standard InChI is InChI=1S/C14H10O6S.C14H10O5/c15-13(16)9-1-5-11(6-2-9)21(19,20)12-7-3-10(4-8-12)14(17)18;15-13(16)9-1-5-11(6-2-9)19-12-7-3-10(4-8-12)14(17)18/h1-8H,(H,15,16)(H,17,18);1-8H,(H,15,16)(H,17,18). The lowest BCUT2D eigenvalue weighted by molar-refractivity contribution is 0.0686. The van der Waals surface area contributed by atoms with Gasteiger partial charge in [-0.05, 0) is 97.1 Å². The molecule has 0 aromatic heterocycles. The third-order valence-corrected chi connectivity index (χ3v) is 7.05. The van der Waals surface area contributed by atoms with Crippen molar-refractivity contribution in [2.24, 2.45) is 0 Å². The number of rotatable bonds is 8. The summed E-state index contributed by atoms with van der Waals surface area (Å²) < 4.78 is 30.1.